The molecule has 0 atom stereocenters. The van der Waals surface area contributed by atoms with Gasteiger partial charge in [0.25, 0.3) is 5.91 Å². The van der Waals surface area contributed by atoms with Crippen molar-refractivity contribution in [1.29, 1.82) is 0 Å². The summed E-state index contributed by atoms with van der Waals surface area (Å²) < 4.78 is 9.52. The molecule has 6 heteroatoms. The molecule has 0 aliphatic rings. The number of aromatic nitrogens is 2. The lowest BCUT2D eigenvalue weighted by atomic mass is 10.2. The van der Waals surface area contributed by atoms with E-state index in [4.69, 9.17) is 4.42 Å². The largest absolute Gasteiger partial charge is 0.451 e. The zero-order chi connectivity index (χ0) is 15.0. The molecule has 0 bridgehead atoms. The fraction of sp³-hybridized carbons (Fsp3) is 0.267. The molecule has 3 rings (SSSR count). The molecule has 3 aromatic rings. The fourth-order valence-electron chi connectivity index (χ4n) is 2.14. The summed E-state index contributed by atoms with van der Waals surface area (Å²) in [5.41, 5.74) is 2.73. The molecule has 0 fully saturated rings. The summed E-state index contributed by atoms with van der Waals surface area (Å²) in [5.74, 6) is 0.213. The third-order valence-corrected chi connectivity index (χ3v) is 4.16. The minimum atomic E-state index is -0.142. The maximum atomic E-state index is 12.4. The van der Waals surface area contributed by atoms with E-state index >= 15 is 0 Å². The standard InChI is InChI=1S/C15H15N3O2S/c1-9-4-5-12-11(6-9)7-13(20-12)15(19)18(3)8-14-10(2)16-17-21-14/h4-7H,8H2,1-3H3. The molecule has 108 valence electrons. The molecule has 0 unspecified atom stereocenters. The Morgan fingerprint density at radius 1 is 1.33 bits per heavy atom. The number of carbonyl (C=O) groups excluding carboxylic acids is 1. The van der Waals surface area contributed by atoms with E-state index in [0.29, 0.717) is 12.3 Å². The van der Waals surface area contributed by atoms with Crippen LogP contribution in [0.2, 0.25) is 0 Å². The van der Waals surface area contributed by atoms with E-state index in [1.54, 1.807) is 18.0 Å². The predicted octanol–water partition coefficient (Wildman–Crippen LogP) is 3.17. The van der Waals surface area contributed by atoms with Gasteiger partial charge in [-0.25, -0.2) is 0 Å². The molecule has 0 N–H and O–H groups in total. The van der Waals surface area contributed by atoms with Crippen molar-refractivity contribution < 1.29 is 9.21 Å². The predicted molar refractivity (Wildman–Crippen MR) is 81.4 cm³/mol. The van der Waals surface area contributed by atoms with Gasteiger partial charge in [-0.2, -0.15) is 0 Å². The van der Waals surface area contributed by atoms with E-state index in [0.717, 1.165) is 27.1 Å². The van der Waals surface area contributed by atoms with Crippen molar-refractivity contribution in [3.8, 4) is 0 Å². The van der Waals surface area contributed by atoms with Crippen LogP contribution in [-0.4, -0.2) is 27.4 Å². The van der Waals surface area contributed by atoms with Crippen LogP contribution in [0, 0.1) is 13.8 Å². The lowest BCUT2D eigenvalue weighted by molar-refractivity contribution is 0.0757. The quantitative estimate of drug-likeness (QED) is 0.745. The van der Waals surface area contributed by atoms with Crippen molar-refractivity contribution in [2.24, 2.45) is 0 Å². The van der Waals surface area contributed by atoms with Crippen molar-refractivity contribution in [2.75, 3.05) is 7.05 Å². The Morgan fingerprint density at radius 2 is 2.14 bits per heavy atom. The van der Waals surface area contributed by atoms with Crippen molar-refractivity contribution in [1.82, 2.24) is 14.5 Å². The molecule has 1 aromatic carbocycles. The summed E-state index contributed by atoms with van der Waals surface area (Å²) >= 11 is 1.31. The maximum absolute atomic E-state index is 12.4. The van der Waals surface area contributed by atoms with Gasteiger partial charge in [0.2, 0.25) is 0 Å². The number of hydrogen-bond donors (Lipinski definition) is 0. The Kier molecular flexibility index (Phi) is 3.47. The maximum Gasteiger partial charge on any atom is 0.289 e. The van der Waals surface area contributed by atoms with Gasteiger partial charge >= 0.3 is 0 Å². The molecule has 0 aliphatic carbocycles. The molecule has 5 nitrogen and oxygen atoms in total. The second kappa shape index (κ2) is 5.29. The van der Waals surface area contributed by atoms with Gasteiger partial charge in [-0.15, -0.1) is 5.10 Å². The number of hydrogen-bond acceptors (Lipinski definition) is 5. The Bertz CT molecular complexity index is 806. The van der Waals surface area contributed by atoms with Crippen molar-refractivity contribution in [2.45, 2.75) is 20.4 Å². The van der Waals surface area contributed by atoms with Gasteiger partial charge in [0, 0.05) is 12.4 Å². The first kappa shape index (κ1) is 13.8. The highest BCUT2D eigenvalue weighted by atomic mass is 32.1. The van der Waals surface area contributed by atoms with Gasteiger partial charge in [-0.05, 0) is 43.6 Å². The Hall–Kier alpha value is -2.21. The van der Waals surface area contributed by atoms with Crippen LogP contribution in [0.5, 0.6) is 0 Å². The number of fused-ring (bicyclic) bond motifs is 1. The summed E-state index contributed by atoms with van der Waals surface area (Å²) in [5, 5.41) is 4.90. The van der Waals surface area contributed by atoms with Crippen LogP contribution in [0.15, 0.2) is 28.7 Å². The van der Waals surface area contributed by atoms with E-state index in [1.807, 2.05) is 32.0 Å². The number of carbonyl (C=O) groups is 1. The minimum absolute atomic E-state index is 0.142. The Labute approximate surface area is 126 Å². The van der Waals surface area contributed by atoms with E-state index in [-0.39, 0.29) is 5.91 Å². The zero-order valence-electron chi connectivity index (χ0n) is 12.1. The van der Waals surface area contributed by atoms with Crippen molar-refractivity contribution >= 4 is 28.4 Å². The third kappa shape index (κ3) is 2.67. The molecule has 0 saturated heterocycles. The van der Waals surface area contributed by atoms with Crippen molar-refractivity contribution in [3.63, 3.8) is 0 Å². The summed E-state index contributed by atoms with van der Waals surface area (Å²) in [6.45, 7) is 4.39. The molecule has 0 spiro atoms. The molecule has 0 aliphatic heterocycles. The van der Waals surface area contributed by atoms with Crippen LogP contribution in [0.3, 0.4) is 0 Å². The monoisotopic (exact) mass is 301 g/mol. The van der Waals surface area contributed by atoms with Crippen LogP contribution in [0.4, 0.5) is 0 Å². The molecule has 0 radical (unpaired) electrons. The highest BCUT2D eigenvalue weighted by molar-refractivity contribution is 7.05. The Morgan fingerprint density at radius 3 is 2.86 bits per heavy atom. The SMILES string of the molecule is Cc1ccc2oc(C(=O)N(C)Cc3snnc3C)cc2c1. The first-order chi connectivity index (χ1) is 10.0. The first-order valence-corrected chi connectivity index (χ1v) is 7.35. The zero-order valence-corrected chi connectivity index (χ0v) is 12.9. The van der Waals surface area contributed by atoms with Gasteiger partial charge in [-0.1, -0.05) is 16.1 Å². The van der Waals surface area contributed by atoms with Crippen LogP contribution in [0.1, 0.15) is 26.7 Å². The molecular formula is C15H15N3O2S. The molecule has 21 heavy (non-hydrogen) atoms. The van der Waals surface area contributed by atoms with Crippen molar-refractivity contribution in [3.05, 3.63) is 46.2 Å². The molecule has 0 saturated carbocycles. The third-order valence-electron chi connectivity index (χ3n) is 3.36. The second-order valence-electron chi connectivity index (χ2n) is 5.09. The average molecular weight is 301 g/mol. The molecular weight excluding hydrogens is 286 g/mol. The van der Waals surface area contributed by atoms with E-state index < -0.39 is 0 Å². The number of benzene rings is 1. The summed E-state index contributed by atoms with van der Waals surface area (Å²) in [7, 11) is 1.75. The van der Waals surface area contributed by atoms with Gasteiger partial charge < -0.3 is 9.32 Å². The lowest BCUT2D eigenvalue weighted by Crippen LogP contribution is -2.25. The number of furan rings is 1. The summed E-state index contributed by atoms with van der Waals surface area (Å²) in [4.78, 5) is 15.0. The molecule has 2 heterocycles. The van der Waals surface area contributed by atoms with Crippen LogP contribution in [0.25, 0.3) is 11.0 Å². The fourth-order valence-corrected chi connectivity index (χ4v) is 2.83. The number of aryl methyl sites for hydroxylation is 2. The summed E-state index contributed by atoms with van der Waals surface area (Å²) in [6.07, 6.45) is 0. The highest BCUT2D eigenvalue weighted by Gasteiger charge is 2.18. The number of amides is 1. The number of rotatable bonds is 3. The van der Waals surface area contributed by atoms with Gasteiger partial charge in [0.05, 0.1) is 17.1 Å². The van der Waals surface area contributed by atoms with Gasteiger partial charge in [0.15, 0.2) is 5.76 Å². The Balaban J connectivity index is 1.84. The summed E-state index contributed by atoms with van der Waals surface area (Å²) in [6, 6.07) is 7.65. The second-order valence-corrected chi connectivity index (χ2v) is 5.93. The molecule has 2 aromatic heterocycles. The van der Waals surface area contributed by atoms with E-state index in [9.17, 15) is 4.79 Å². The molecule has 1 amide bonds. The normalized spacial score (nSPS) is 11.0. The smallest absolute Gasteiger partial charge is 0.289 e. The topological polar surface area (TPSA) is 59.2 Å². The number of nitrogens with zero attached hydrogens (tertiary/aromatic N) is 3. The first-order valence-electron chi connectivity index (χ1n) is 6.58. The van der Waals surface area contributed by atoms with Crippen LogP contribution >= 0.6 is 11.5 Å². The lowest BCUT2D eigenvalue weighted by Gasteiger charge is -2.14. The van der Waals surface area contributed by atoms with E-state index in [2.05, 4.69) is 9.59 Å². The highest BCUT2D eigenvalue weighted by Crippen LogP contribution is 2.22. The minimum Gasteiger partial charge on any atom is -0.451 e. The van der Waals surface area contributed by atoms with Crippen LogP contribution < -0.4 is 0 Å². The van der Waals surface area contributed by atoms with Gasteiger partial charge in [-0.3, -0.25) is 4.79 Å². The van der Waals surface area contributed by atoms with Crippen LogP contribution in [-0.2, 0) is 6.54 Å². The average Bonchev–Trinajstić information content (AvgIpc) is 3.04. The van der Waals surface area contributed by atoms with E-state index in [1.165, 1.54) is 11.5 Å². The van der Waals surface area contributed by atoms with Gasteiger partial charge in [0.1, 0.15) is 5.58 Å².